The highest BCUT2D eigenvalue weighted by Crippen LogP contribution is 2.46. The molecule has 3 rings (SSSR count). The second-order valence-corrected chi connectivity index (χ2v) is 28.4. The number of nitrogens with one attached hydrogen (secondary N) is 1. The Morgan fingerprint density at radius 1 is 0.922 bits per heavy atom. The molecule has 0 fully saturated rings. The Bertz CT molecular complexity index is 1340. The maximum absolute atomic E-state index is 13.6. The number of benzene rings is 1. The van der Waals surface area contributed by atoms with E-state index in [1.54, 1.807) is 0 Å². The summed E-state index contributed by atoms with van der Waals surface area (Å²) >= 11 is 0. The minimum atomic E-state index is -2.21. The molecule has 2 aliphatic rings. The van der Waals surface area contributed by atoms with E-state index in [1.165, 1.54) is 5.57 Å². The van der Waals surface area contributed by atoms with Crippen LogP contribution in [0.4, 0.5) is 0 Å². The summed E-state index contributed by atoms with van der Waals surface area (Å²) in [4.78, 5) is 26.7. The summed E-state index contributed by atoms with van der Waals surface area (Å²) in [7, 11) is -4.37. The fourth-order valence-electron chi connectivity index (χ4n) is 6.99. The summed E-state index contributed by atoms with van der Waals surface area (Å²) in [5.41, 5.74) is 2.40. The first-order chi connectivity index (χ1) is 23.5. The van der Waals surface area contributed by atoms with E-state index in [1.807, 2.05) is 44.2 Å². The molecule has 0 aromatic heterocycles. The van der Waals surface area contributed by atoms with Gasteiger partial charge in [-0.05, 0) is 97.3 Å². The van der Waals surface area contributed by atoms with Crippen molar-refractivity contribution in [3.8, 4) is 0 Å². The minimum Gasteiger partial charge on any atom is -0.461 e. The van der Waals surface area contributed by atoms with Gasteiger partial charge in [0, 0.05) is 18.6 Å². The molecule has 8 heteroatoms. The van der Waals surface area contributed by atoms with Gasteiger partial charge in [0.25, 0.3) is 0 Å². The molecule has 0 aliphatic heterocycles. The Morgan fingerprint density at radius 3 is 2.08 bits per heavy atom. The third-order valence-electron chi connectivity index (χ3n) is 12.5. The predicted molar refractivity (Wildman–Crippen MR) is 217 cm³/mol. The molecule has 2 aliphatic carbocycles. The second-order valence-electron chi connectivity index (χ2n) is 18.9. The Labute approximate surface area is 314 Å². The number of rotatable bonds is 16. The van der Waals surface area contributed by atoms with Gasteiger partial charge in [-0.25, -0.2) is 0 Å². The molecule has 1 aromatic rings. The van der Waals surface area contributed by atoms with Crippen LogP contribution in [0.2, 0.25) is 36.3 Å². The van der Waals surface area contributed by atoms with Crippen LogP contribution in [0.1, 0.15) is 113 Å². The molecule has 1 aromatic carbocycles. The highest BCUT2D eigenvalue weighted by Gasteiger charge is 2.45. The van der Waals surface area contributed by atoms with E-state index in [0.717, 1.165) is 31.2 Å². The van der Waals surface area contributed by atoms with Gasteiger partial charge in [0.2, 0.25) is 5.91 Å². The van der Waals surface area contributed by atoms with Crippen molar-refractivity contribution in [1.82, 2.24) is 5.32 Å². The molecule has 0 bridgehead atoms. The van der Waals surface area contributed by atoms with E-state index < -0.39 is 16.6 Å². The normalized spacial score (nSPS) is 24.6. The van der Waals surface area contributed by atoms with E-state index >= 15 is 0 Å². The smallest absolute Gasteiger partial charge is 0.308 e. The number of fused-ring (bicyclic) bond motifs is 1. The summed E-state index contributed by atoms with van der Waals surface area (Å²) in [6, 6.07) is 10.1. The van der Waals surface area contributed by atoms with E-state index in [0.29, 0.717) is 37.1 Å². The monoisotopic (exact) mass is 740 g/mol. The highest BCUT2D eigenvalue weighted by atomic mass is 28.4. The van der Waals surface area contributed by atoms with Crippen LogP contribution in [0, 0.1) is 29.6 Å². The average Bonchev–Trinajstić information content (AvgIpc) is 3.01. The number of hydrogen-bond donors (Lipinski definition) is 1. The fourth-order valence-corrected chi connectivity index (χ4v) is 9.75. The Kier molecular flexibility index (Phi) is 15.2. The van der Waals surface area contributed by atoms with Crippen LogP contribution in [0.25, 0.3) is 0 Å². The molecule has 1 N–H and O–H groups in total. The van der Waals surface area contributed by atoms with Crippen LogP contribution < -0.4 is 5.32 Å². The Morgan fingerprint density at radius 2 is 1.51 bits per heavy atom. The van der Waals surface area contributed by atoms with Crippen molar-refractivity contribution in [3.63, 3.8) is 0 Å². The number of hydrogen-bond acceptors (Lipinski definition) is 5. The number of carbonyl (C=O) groups excluding carboxylic acids is 2. The van der Waals surface area contributed by atoms with Crippen molar-refractivity contribution in [3.05, 3.63) is 59.7 Å². The number of esters is 1. The van der Waals surface area contributed by atoms with Crippen LogP contribution in [0.15, 0.2) is 54.1 Å². The van der Waals surface area contributed by atoms with Crippen molar-refractivity contribution < 1.29 is 23.2 Å². The molecule has 288 valence electrons. The lowest BCUT2D eigenvalue weighted by molar-refractivity contribution is -0.158. The minimum absolute atomic E-state index is 0.00792. The highest BCUT2D eigenvalue weighted by molar-refractivity contribution is 6.74. The summed E-state index contributed by atoms with van der Waals surface area (Å²) in [5.74, 6) is 1.04. The molecule has 6 nitrogen and oxygen atoms in total. The Hall–Kier alpha value is -2.01. The Balaban J connectivity index is 1.92. The first kappa shape index (κ1) is 43.4. The van der Waals surface area contributed by atoms with Crippen molar-refractivity contribution >= 4 is 28.5 Å². The molecule has 0 spiro atoms. The van der Waals surface area contributed by atoms with Crippen molar-refractivity contribution in [2.24, 2.45) is 29.6 Å². The van der Waals surface area contributed by atoms with Gasteiger partial charge in [0.15, 0.2) is 16.6 Å². The quantitative estimate of drug-likeness (QED) is 0.135. The third-order valence-corrected chi connectivity index (χ3v) is 21.6. The van der Waals surface area contributed by atoms with Gasteiger partial charge < -0.3 is 18.9 Å². The second kappa shape index (κ2) is 17.9. The summed E-state index contributed by atoms with van der Waals surface area (Å²) in [5, 5.41) is 3.21. The number of allylic oxidation sites excluding steroid dienone is 3. The zero-order chi connectivity index (χ0) is 38.4. The molecule has 1 amide bonds. The van der Waals surface area contributed by atoms with Crippen LogP contribution in [0.5, 0.6) is 0 Å². The maximum Gasteiger partial charge on any atom is 0.308 e. The van der Waals surface area contributed by atoms with Crippen molar-refractivity contribution in [2.75, 3.05) is 0 Å². The van der Waals surface area contributed by atoms with Gasteiger partial charge in [0.05, 0.1) is 18.4 Å². The van der Waals surface area contributed by atoms with E-state index in [9.17, 15) is 9.59 Å². The van der Waals surface area contributed by atoms with Crippen molar-refractivity contribution in [1.29, 1.82) is 0 Å². The van der Waals surface area contributed by atoms with Gasteiger partial charge in [0.1, 0.15) is 6.10 Å². The lowest BCUT2D eigenvalue weighted by Gasteiger charge is -2.45. The van der Waals surface area contributed by atoms with Crippen LogP contribution in [-0.4, -0.2) is 46.8 Å². The lowest BCUT2D eigenvalue weighted by Crippen LogP contribution is -2.48. The largest absolute Gasteiger partial charge is 0.461 e. The third kappa shape index (κ3) is 12.3. The first-order valence-corrected chi connectivity index (χ1v) is 25.6. The van der Waals surface area contributed by atoms with Crippen molar-refractivity contribution in [2.45, 2.75) is 169 Å². The number of carbonyl (C=O) groups is 2. The van der Waals surface area contributed by atoms with Crippen LogP contribution in [-0.2, 0) is 29.7 Å². The molecule has 0 radical (unpaired) electrons. The molecule has 8 atom stereocenters. The molecule has 0 saturated carbocycles. The molecular formula is C43H73NO5Si2. The first-order valence-electron chi connectivity index (χ1n) is 19.8. The maximum atomic E-state index is 13.6. The number of ether oxygens (including phenoxy) is 1. The van der Waals surface area contributed by atoms with E-state index in [-0.39, 0.29) is 52.1 Å². The van der Waals surface area contributed by atoms with Crippen LogP contribution >= 0.6 is 0 Å². The lowest BCUT2D eigenvalue weighted by atomic mass is 9.65. The molecule has 0 saturated heterocycles. The number of amides is 1. The zero-order valence-corrected chi connectivity index (χ0v) is 36.7. The predicted octanol–water partition coefficient (Wildman–Crippen LogP) is 11.0. The topological polar surface area (TPSA) is 73.9 Å². The van der Waals surface area contributed by atoms with Gasteiger partial charge in [-0.2, -0.15) is 0 Å². The average molecular weight is 740 g/mol. The van der Waals surface area contributed by atoms with E-state index in [2.05, 4.69) is 105 Å². The molecule has 0 heterocycles. The summed E-state index contributed by atoms with van der Waals surface area (Å²) < 4.78 is 20.7. The van der Waals surface area contributed by atoms with Gasteiger partial charge in [-0.3, -0.25) is 9.59 Å². The van der Waals surface area contributed by atoms with Gasteiger partial charge in [-0.15, -0.1) is 0 Å². The van der Waals surface area contributed by atoms with E-state index in [4.69, 9.17) is 13.6 Å². The standard InChI is InChI=1S/C43H73NO5Si2/c1-15-31(3)41(46)47-38-26-30(2)25-34-22-21-32(4)37(40(34)38)24-23-35(48-50(11,12)42(5,6)7)27-36(49-51(13,14)43(8,9)10)28-39(45)44-29-33-19-17-16-18-20-33/h16-22,25,30-32,35-38,40H,15,23-24,26-29H2,1-14H3,(H,44,45)/t30-,31-,32-,35+,36+,37?,38-,40-/m0/s1. The fraction of sp³-hybridized carbons (Fsp3) is 0.721. The SMILES string of the molecule is CC[C@H](C)C(=O)O[C@H]1C[C@@H](C)C=C2C=C[C@H](C)C(CC[C@H](C[C@H](CC(=O)NCc3ccccc3)O[Si](C)(C)C(C)(C)C)O[Si](C)(C)C(C)(C)C)[C@H]21. The summed E-state index contributed by atoms with van der Waals surface area (Å²) in [6.07, 6.45) is 11.0. The van der Waals surface area contributed by atoms with Gasteiger partial charge >= 0.3 is 5.97 Å². The summed E-state index contributed by atoms with van der Waals surface area (Å²) in [6.45, 7) is 31.9. The molecule has 1 unspecified atom stereocenters. The van der Waals surface area contributed by atoms with Gasteiger partial charge in [-0.1, -0.05) is 118 Å². The zero-order valence-electron chi connectivity index (χ0n) is 34.7. The van der Waals surface area contributed by atoms with Crippen LogP contribution in [0.3, 0.4) is 0 Å². The molecule has 51 heavy (non-hydrogen) atoms. The molecular weight excluding hydrogens is 667 g/mol.